The molecule has 2 aromatic rings. The van der Waals surface area contributed by atoms with Crippen molar-refractivity contribution in [1.29, 1.82) is 0 Å². The van der Waals surface area contributed by atoms with E-state index in [1.54, 1.807) is 55.4 Å². The minimum absolute atomic E-state index is 0.0470. The minimum atomic E-state index is -3.09. The molecule has 2 fully saturated rings. The van der Waals surface area contributed by atoms with Crippen molar-refractivity contribution in [3.05, 3.63) is 70.6 Å². The smallest absolute Gasteiger partial charge is 0.361 e. The zero-order valence-corrected chi connectivity index (χ0v) is 57.7. The van der Waals surface area contributed by atoms with E-state index >= 15 is 8.78 Å². The highest BCUT2D eigenvalue weighted by Gasteiger charge is 2.51. The van der Waals surface area contributed by atoms with E-state index < -0.39 is 163 Å². The third-order valence-corrected chi connectivity index (χ3v) is 16.7. The summed E-state index contributed by atoms with van der Waals surface area (Å²) in [6.45, 7) is 23.1. The monoisotopic (exact) mass is 1360 g/mol. The van der Waals surface area contributed by atoms with Gasteiger partial charge in [-0.3, -0.25) is 33.6 Å². The van der Waals surface area contributed by atoms with Gasteiger partial charge in [0.2, 0.25) is 53.9 Å². The summed E-state index contributed by atoms with van der Waals surface area (Å²) in [5.41, 5.74) is -3.05. The van der Waals surface area contributed by atoms with Crippen molar-refractivity contribution in [2.75, 3.05) is 38.2 Å². The van der Waals surface area contributed by atoms with Gasteiger partial charge in [0.05, 0.1) is 74.6 Å². The maximum absolute atomic E-state index is 16.2. The van der Waals surface area contributed by atoms with Crippen LogP contribution in [-0.4, -0.2) is 156 Å². The Bertz CT molecular complexity index is 3570. The number of anilines is 1. The number of alkyl halides is 4. The van der Waals surface area contributed by atoms with Crippen LogP contribution < -0.4 is 52.1 Å². The molecule has 0 aromatic heterocycles. The van der Waals surface area contributed by atoms with Gasteiger partial charge in [0.25, 0.3) is 11.8 Å². The molecule has 2 aromatic carbocycles. The van der Waals surface area contributed by atoms with Gasteiger partial charge in [0.1, 0.15) is 35.3 Å². The van der Waals surface area contributed by atoms with Crippen LogP contribution in [0.3, 0.4) is 0 Å². The SMILES string of the molecule is COC(=O)c1ccc(C(=O)NC(C)(C)CC(C)(C)NC(=O)C[C@H](O)[C@@H](CC(C)C)NC(=O)[C@H](C)NC(=O)C[C@H](O)[C@H](CC(C)C)NC(=O)C(NC(=O)C(NC(=O)CC(C)C)C(C)C)C(C)C)cc1-c1c2cc(F)c(=[N+]3CC(F)(F)C3)cc-2oc2cc(N3CC(F)(F)C3)c(F)cc12. The van der Waals surface area contributed by atoms with Crippen molar-refractivity contribution in [3.63, 3.8) is 0 Å². The fraction of sp³-hybridized carbons (Fsp3) is 0.609. The van der Waals surface area contributed by atoms with Crippen LogP contribution in [0.2, 0.25) is 0 Å². The molecule has 6 rings (SSSR count). The highest BCUT2D eigenvalue weighted by molar-refractivity contribution is 6.10. The molecular formula is C69H96F6N9O12+. The first-order valence-corrected chi connectivity index (χ1v) is 32.6. The molecule has 530 valence electrons. The lowest BCUT2D eigenvalue weighted by Gasteiger charge is -2.40. The zero-order chi connectivity index (χ0) is 72.0. The van der Waals surface area contributed by atoms with Gasteiger partial charge < -0.3 is 61.5 Å². The maximum atomic E-state index is 16.2. The van der Waals surface area contributed by atoms with Gasteiger partial charge in [0.15, 0.2) is 5.82 Å². The van der Waals surface area contributed by atoms with Gasteiger partial charge in [-0.15, -0.1) is 0 Å². The third-order valence-electron chi connectivity index (χ3n) is 16.7. The molecule has 21 nitrogen and oxygen atoms in total. The number of ether oxygens (including phenoxy) is 1. The second-order valence-electron chi connectivity index (χ2n) is 29.1. The summed E-state index contributed by atoms with van der Waals surface area (Å²) >= 11 is 0. The van der Waals surface area contributed by atoms with E-state index in [4.69, 9.17) is 9.15 Å². The fourth-order valence-corrected chi connectivity index (χ4v) is 12.4. The molecule has 0 radical (unpaired) electrons. The number of amides is 7. The van der Waals surface area contributed by atoms with E-state index in [9.17, 15) is 66.1 Å². The quantitative estimate of drug-likeness (QED) is 0.0107. The average Bonchev–Trinajstić information content (AvgIpc) is 0.727. The molecule has 96 heavy (non-hydrogen) atoms. The van der Waals surface area contributed by atoms with E-state index in [0.717, 1.165) is 28.7 Å². The number of rotatable bonds is 30. The van der Waals surface area contributed by atoms with Crippen LogP contribution in [0.1, 0.15) is 163 Å². The molecular weight excluding hydrogens is 1260 g/mol. The number of carbonyl (C=O) groups is 8. The Kier molecular flexibility index (Phi) is 25.1. The average molecular weight is 1360 g/mol. The molecule has 2 unspecified atom stereocenters. The lowest BCUT2D eigenvalue weighted by Crippen LogP contribution is -2.59. The normalized spacial score (nSPS) is 16.8. The number of nitrogens with one attached hydrogen (secondary N) is 7. The van der Waals surface area contributed by atoms with Gasteiger partial charge >= 0.3 is 11.9 Å². The van der Waals surface area contributed by atoms with E-state index in [-0.39, 0.29) is 111 Å². The fourth-order valence-electron chi connectivity index (χ4n) is 12.4. The Labute approximate surface area is 556 Å². The molecule has 4 aliphatic rings. The lowest BCUT2D eigenvalue weighted by molar-refractivity contribution is -0.134. The van der Waals surface area contributed by atoms with Crippen molar-refractivity contribution in [1.82, 2.24) is 41.8 Å². The number of hydrogen-bond acceptors (Lipinski definition) is 13. The molecule has 3 aliphatic heterocycles. The number of esters is 1. The summed E-state index contributed by atoms with van der Waals surface area (Å²) in [7, 11) is 1.09. The van der Waals surface area contributed by atoms with Crippen LogP contribution in [0.5, 0.6) is 0 Å². The van der Waals surface area contributed by atoms with E-state index in [1.165, 1.54) is 37.3 Å². The van der Waals surface area contributed by atoms with Crippen LogP contribution in [0.15, 0.2) is 46.9 Å². The molecule has 3 heterocycles. The highest BCUT2D eigenvalue weighted by Crippen LogP contribution is 2.45. The predicted molar refractivity (Wildman–Crippen MR) is 350 cm³/mol. The van der Waals surface area contributed by atoms with Crippen LogP contribution in [0.25, 0.3) is 33.4 Å². The lowest BCUT2D eigenvalue weighted by atomic mass is 9.86. The molecule has 0 spiro atoms. The minimum Gasteiger partial charge on any atom is -0.465 e. The van der Waals surface area contributed by atoms with Crippen LogP contribution in [0, 0.1) is 41.2 Å². The number of aliphatic hydroxyl groups excluding tert-OH is 2. The van der Waals surface area contributed by atoms with Crippen molar-refractivity contribution >= 4 is 64.0 Å². The third kappa shape index (κ3) is 20.4. The number of halogens is 6. The van der Waals surface area contributed by atoms with Crippen LogP contribution in [0.4, 0.5) is 32.0 Å². The standard InChI is InChI=1S/C69H95F6N9O12/c1-34(2)19-47(77-61(90)39(11)76-56(88)27-51(85)48(20-35(3)4)78-63(92)60(38(9)10)80-64(93)59(37(7)8)79-55(87)21-36(5)6)52(86)28-57(89)81-66(12,13)29-67(14,15)82-62(91)40-17-18-41(65(94)95-16)42(22-40)58-43-23-45(70)49(83-30-68(72,73)31-83)25-53(43)96-54-26-50(46(71)24-44(54)58)84-32-69(74,75)33-84/h17-18,22-26,34-39,47-48,51-52,59-60,85-86H,19-21,27-33H2,1-16H3,(H6-,76,77,78,79,80,81,82,87,88,89,90,91,92,93)/p+1/t39-,47+,48-,51-,52-,59?,60?/m0/s1. The van der Waals surface area contributed by atoms with Gasteiger partial charge in [-0.25, -0.2) is 22.5 Å². The molecule has 1 aliphatic carbocycles. The Balaban J connectivity index is 1.12. The second-order valence-corrected chi connectivity index (χ2v) is 29.1. The first-order valence-electron chi connectivity index (χ1n) is 32.6. The summed E-state index contributed by atoms with van der Waals surface area (Å²) in [5, 5.41) is 42.2. The van der Waals surface area contributed by atoms with E-state index in [0.29, 0.717) is 0 Å². The Morgan fingerprint density at radius 1 is 0.615 bits per heavy atom. The zero-order valence-electron chi connectivity index (χ0n) is 57.7. The molecule has 2 saturated heterocycles. The molecule has 7 atom stereocenters. The first-order chi connectivity index (χ1) is 44.4. The maximum Gasteiger partial charge on any atom is 0.361 e. The predicted octanol–water partition coefficient (Wildman–Crippen LogP) is 7.34. The van der Waals surface area contributed by atoms with Crippen molar-refractivity contribution in [2.45, 2.75) is 208 Å². The van der Waals surface area contributed by atoms with Gasteiger partial charge in [-0.1, -0.05) is 69.2 Å². The summed E-state index contributed by atoms with van der Waals surface area (Å²) < 4.78 is 101. The largest absolute Gasteiger partial charge is 0.465 e. The van der Waals surface area contributed by atoms with Crippen molar-refractivity contribution in [3.8, 4) is 22.5 Å². The summed E-state index contributed by atoms with van der Waals surface area (Å²) in [6, 6.07) is 3.00. The number of nitrogens with zero attached hydrogens (tertiary/aromatic N) is 2. The highest BCUT2D eigenvalue weighted by atomic mass is 19.3. The number of fused-ring (bicyclic) bond motifs is 2. The molecule has 9 N–H and O–H groups in total. The first kappa shape index (κ1) is 77.2. The van der Waals surface area contributed by atoms with Crippen molar-refractivity contribution < 1.29 is 84.1 Å². The summed E-state index contributed by atoms with van der Waals surface area (Å²) in [5.74, 6) is -14.3. The van der Waals surface area contributed by atoms with E-state index in [1.807, 2.05) is 41.5 Å². The number of carbonyl (C=O) groups excluding carboxylic acids is 8. The van der Waals surface area contributed by atoms with E-state index in [2.05, 4.69) is 37.2 Å². The van der Waals surface area contributed by atoms with Gasteiger partial charge in [-0.2, -0.15) is 13.2 Å². The summed E-state index contributed by atoms with van der Waals surface area (Å²) in [6.07, 6.45) is -3.21. The van der Waals surface area contributed by atoms with Gasteiger partial charge in [0, 0.05) is 45.6 Å². The Morgan fingerprint density at radius 2 is 1.15 bits per heavy atom. The Morgan fingerprint density at radius 3 is 1.68 bits per heavy atom. The molecule has 7 amide bonds. The molecule has 27 heteroatoms. The molecule has 0 saturated carbocycles. The van der Waals surface area contributed by atoms with Crippen LogP contribution >= 0.6 is 0 Å². The number of aliphatic hydroxyl groups is 2. The topological polar surface area (TPSA) is 290 Å². The number of hydrogen-bond donors (Lipinski definition) is 9. The number of benzene rings is 3. The van der Waals surface area contributed by atoms with Crippen molar-refractivity contribution in [2.24, 2.45) is 29.6 Å². The number of methoxy groups -OCH3 is 1. The van der Waals surface area contributed by atoms with Crippen LogP contribution in [-0.2, 0) is 33.5 Å². The summed E-state index contributed by atoms with van der Waals surface area (Å²) in [4.78, 5) is 110. The Hall–Kier alpha value is -7.81. The van der Waals surface area contributed by atoms with Gasteiger partial charge in [-0.05, 0) is 119 Å². The second kappa shape index (κ2) is 31.2. The molecule has 0 bridgehead atoms.